The second-order valence-electron chi connectivity index (χ2n) is 8.91. The molecule has 0 N–H and O–H groups in total. The normalized spacial score (nSPS) is 36.2. The number of piperidine rings is 1. The van der Waals surface area contributed by atoms with Gasteiger partial charge in [0.25, 0.3) is 5.91 Å². The van der Waals surface area contributed by atoms with Gasteiger partial charge in [0, 0.05) is 19.1 Å². The van der Waals surface area contributed by atoms with Gasteiger partial charge in [-0.05, 0) is 81.3 Å². The Morgan fingerprint density at radius 1 is 0.962 bits per heavy atom. The summed E-state index contributed by atoms with van der Waals surface area (Å²) in [6.07, 6.45) is 10.6. The minimum absolute atomic E-state index is 0.131. The van der Waals surface area contributed by atoms with Crippen molar-refractivity contribution in [1.29, 1.82) is 0 Å². The van der Waals surface area contributed by atoms with Crippen molar-refractivity contribution in [3.8, 4) is 0 Å². The van der Waals surface area contributed by atoms with Crippen LogP contribution in [0.2, 0.25) is 0 Å². The van der Waals surface area contributed by atoms with Crippen molar-refractivity contribution in [3.63, 3.8) is 0 Å². The zero-order valence-electron chi connectivity index (χ0n) is 15.3. The number of carbonyl (C=O) groups excluding carboxylic acids is 2. The molecule has 1 aromatic rings. The van der Waals surface area contributed by atoms with Crippen molar-refractivity contribution in [2.24, 2.45) is 17.8 Å². The van der Waals surface area contributed by atoms with Crippen LogP contribution in [0.3, 0.4) is 0 Å². The summed E-state index contributed by atoms with van der Waals surface area (Å²) in [6, 6.07) is 3.53. The largest absolute Gasteiger partial charge is 0.459 e. The lowest BCUT2D eigenvalue weighted by atomic mass is 9.68. The number of likely N-dealkylation sites (tertiary alicyclic amines) is 1. The third kappa shape index (κ3) is 2.76. The fourth-order valence-corrected chi connectivity index (χ4v) is 6.22. The molecule has 3 unspecified atom stereocenters. The van der Waals surface area contributed by atoms with Crippen molar-refractivity contribution in [1.82, 2.24) is 9.80 Å². The highest BCUT2D eigenvalue weighted by molar-refractivity contribution is 5.95. The van der Waals surface area contributed by atoms with E-state index in [4.69, 9.17) is 4.42 Å². The molecular formula is C21H28N2O3. The molecule has 4 heterocycles. The van der Waals surface area contributed by atoms with Crippen molar-refractivity contribution in [2.75, 3.05) is 13.1 Å². The van der Waals surface area contributed by atoms with Crippen molar-refractivity contribution in [3.05, 3.63) is 24.2 Å². The van der Waals surface area contributed by atoms with Crippen LogP contribution in [0, 0.1) is 17.8 Å². The molecule has 140 valence electrons. The van der Waals surface area contributed by atoms with E-state index < -0.39 is 0 Å². The number of rotatable bonds is 2. The van der Waals surface area contributed by atoms with Gasteiger partial charge in [-0.25, -0.2) is 0 Å². The first kappa shape index (κ1) is 16.4. The van der Waals surface area contributed by atoms with Gasteiger partial charge in [0.15, 0.2) is 5.76 Å². The SMILES string of the molecule is O=C(C1CCCCN1C(=O)c1ccco1)N1CC2CC3CC(C2)CC1C3. The lowest BCUT2D eigenvalue weighted by Gasteiger charge is -2.41. The highest BCUT2D eigenvalue weighted by atomic mass is 16.3. The number of nitrogens with zero attached hydrogens (tertiary/aromatic N) is 2. The van der Waals surface area contributed by atoms with Crippen molar-refractivity contribution >= 4 is 11.8 Å². The molecule has 2 amide bonds. The molecule has 5 fully saturated rings. The van der Waals surface area contributed by atoms with Gasteiger partial charge in [0.2, 0.25) is 5.91 Å². The van der Waals surface area contributed by atoms with Crippen LogP contribution in [-0.4, -0.2) is 46.8 Å². The van der Waals surface area contributed by atoms with Crippen LogP contribution < -0.4 is 0 Å². The van der Waals surface area contributed by atoms with Gasteiger partial charge in [0.05, 0.1) is 6.26 Å². The third-order valence-electron chi connectivity index (χ3n) is 7.17. The quantitative estimate of drug-likeness (QED) is 0.817. The average Bonchev–Trinajstić information content (AvgIpc) is 3.11. The van der Waals surface area contributed by atoms with E-state index >= 15 is 0 Å². The number of hydrogen-bond acceptors (Lipinski definition) is 3. The van der Waals surface area contributed by atoms with E-state index in [1.807, 2.05) is 0 Å². The molecule has 0 aromatic carbocycles. The molecule has 1 aromatic heterocycles. The number of amides is 2. The van der Waals surface area contributed by atoms with E-state index in [1.165, 1.54) is 38.4 Å². The number of furan rings is 1. The molecule has 2 aliphatic carbocycles. The Morgan fingerprint density at radius 2 is 1.73 bits per heavy atom. The summed E-state index contributed by atoms with van der Waals surface area (Å²) in [4.78, 5) is 30.4. The van der Waals surface area contributed by atoms with Gasteiger partial charge in [-0.1, -0.05) is 0 Å². The lowest BCUT2D eigenvalue weighted by Crippen LogP contribution is -2.55. The fraction of sp³-hybridized carbons (Fsp3) is 0.714. The van der Waals surface area contributed by atoms with Crippen LogP contribution in [0.15, 0.2) is 22.8 Å². The molecule has 5 nitrogen and oxygen atoms in total. The zero-order valence-corrected chi connectivity index (χ0v) is 15.3. The van der Waals surface area contributed by atoms with Gasteiger partial charge in [-0.2, -0.15) is 0 Å². The van der Waals surface area contributed by atoms with Crippen LogP contribution in [-0.2, 0) is 4.79 Å². The zero-order chi connectivity index (χ0) is 17.7. The Hall–Kier alpha value is -1.78. The Labute approximate surface area is 154 Å². The minimum atomic E-state index is -0.308. The summed E-state index contributed by atoms with van der Waals surface area (Å²) in [7, 11) is 0. The van der Waals surface area contributed by atoms with E-state index in [0.29, 0.717) is 24.3 Å². The average molecular weight is 356 g/mol. The molecule has 0 spiro atoms. The van der Waals surface area contributed by atoms with Gasteiger partial charge in [0.1, 0.15) is 6.04 Å². The Bertz CT molecular complexity index is 671. The molecule has 3 atom stereocenters. The van der Waals surface area contributed by atoms with Gasteiger partial charge >= 0.3 is 0 Å². The molecule has 2 saturated carbocycles. The number of carbonyl (C=O) groups is 2. The first-order valence-electron chi connectivity index (χ1n) is 10.3. The molecule has 3 saturated heterocycles. The van der Waals surface area contributed by atoms with Crippen LogP contribution in [0.4, 0.5) is 0 Å². The highest BCUT2D eigenvalue weighted by Gasteiger charge is 2.46. The standard InChI is InChI=1S/C21H28N2O3/c24-20(23-13-16-9-14-8-15(10-16)12-17(23)11-14)18-4-1-2-6-22(18)21(25)19-5-3-7-26-19/h3,5,7,14-18H,1-2,4,6,8-13H2. The minimum Gasteiger partial charge on any atom is -0.459 e. The van der Waals surface area contributed by atoms with Crippen LogP contribution >= 0.6 is 0 Å². The van der Waals surface area contributed by atoms with Gasteiger partial charge < -0.3 is 14.2 Å². The molecule has 3 aliphatic heterocycles. The smallest absolute Gasteiger partial charge is 0.290 e. The van der Waals surface area contributed by atoms with Crippen LogP contribution in [0.1, 0.15) is 61.9 Å². The van der Waals surface area contributed by atoms with E-state index in [0.717, 1.165) is 37.6 Å². The molecule has 5 aliphatic rings. The monoisotopic (exact) mass is 356 g/mol. The summed E-state index contributed by atoms with van der Waals surface area (Å²) in [5.41, 5.74) is 0. The maximum Gasteiger partial charge on any atom is 0.290 e. The molecule has 5 heteroatoms. The van der Waals surface area contributed by atoms with Crippen molar-refractivity contribution in [2.45, 2.75) is 63.5 Å². The van der Waals surface area contributed by atoms with Crippen LogP contribution in [0.25, 0.3) is 0 Å². The highest BCUT2D eigenvalue weighted by Crippen LogP contribution is 2.47. The fourth-order valence-electron chi connectivity index (χ4n) is 6.22. The van der Waals surface area contributed by atoms with Gasteiger partial charge in [-0.3, -0.25) is 9.59 Å². The maximum atomic E-state index is 13.6. The number of fused-ring (bicyclic) bond motifs is 1. The Kier molecular flexibility index (Phi) is 4.06. The summed E-state index contributed by atoms with van der Waals surface area (Å²) in [5, 5.41) is 0. The summed E-state index contributed by atoms with van der Waals surface area (Å²) < 4.78 is 5.32. The summed E-state index contributed by atoms with van der Waals surface area (Å²) in [5.74, 6) is 2.73. The molecule has 0 radical (unpaired) electrons. The van der Waals surface area contributed by atoms with E-state index in [-0.39, 0.29) is 17.9 Å². The molecule has 6 rings (SSSR count). The summed E-state index contributed by atoms with van der Waals surface area (Å²) in [6.45, 7) is 1.57. The predicted molar refractivity (Wildman–Crippen MR) is 96.4 cm³/mol. The molecular weight excluding hydrogens is 328 g/mol. The Morgan fingerprint density at radius 3 is 2.46 bits per heavy atom. The van der Waals surface area contributed by atoms with Crippen LogP contribution in [0.5, 0.6) is 0 Å². The second-order valence-corrected chi connectivity index (χ2v) is 8.91. The predicted octanol–water partition coefficient (Wildman–Crippen LogP) is 3.31. The van der Waals surface area contributed by atoms with E-state index in [2.05, 4.69) is 4.90 Å². The maximum absolute atomic E-state index is 13.6. The van der Waals surface area contributed by atoms with E-state index in [9.17, 15) is 9.59 Å². The Balaban J connectivity index is 1.38. The second kappa shape index (κ2) is 6.43. The number of hydrogen-bond donors (Lipinski definition) is 0. The molecule has 4 bridgehead atoms. The van der Waals surface area contributed by atoms with E-state index in [1.54, 1.807) is 17.0 Å². The third-order valence-corrected chi connectivity index (χ3v) is 7.17. The van der Waals surface area contributed by atoms with Gasteiger partial charge in [-0.15, -0.1) is 0 Å². The summed E-state index contributed by atoms with van der Waals surface area (Å²) >= 11 is 0. The topological polar surface area (TPSA) is 53.8 Å². The first-order valence-corrected chi connectivity index (χ1v) is 10.3. The first-order chi connectivity index (χ1) is 12.7. The van der Waals surface area contributed by atoms with Crippen molar-refractivity contribution < 1.29 is 14.0 Å². The lowest BCUT2D eigenvalue weighted by molar-refractivity contribution is -0.140. The molecule has 26 heavy (non-hydrogen) atoms.